The molecule has 0 aliphatic heterocycles. The molecule has 1 aromatic heterocycles. The second kappa shape index (κ2) is 6.64. The summed E-state index contributed by atoms with van der Waals surface area (Å²) in [5, 5.41) is 1.43. The van der Waals surface area contributed by atoms with Crippen LogP contribution in [0.15, 0.2) is 48.5 Å². The first-order valence-electron chi connectivity index (χ1n) is 7.83. The molecule has 0 aliphatic carbocycles. The van der Waals surface area contributed by atoms with Gasteiger partial charge in [0.1, 0.15) is 0 Å². The molecule has 2 aromatic carbocycles. The zero-order valence-corrected chi connectivity index (χ0v) is 14.4. The van der Waals surface area contributed by atoms with E-state index in [4.69, 9.17) is 0 Å². The Morgan fingerprint density at radius 2 is 1.68 bits per heavy atom. The molecule has 0 saturated carbocycles. The van der Waals surface area contributed by atoms with Crippen molar-refractivity contribution in [3.05, 3.63) is 70.1 Å². The molecule has 22 heavy (non-hydrogen) atoms. The summed E-state index contributed by atoms with van der Waals surface area (Å²) in [6.07, 6.45) is 2.17. The van der Waals surface area contributed by atoms with Crippen molar-refractivity contribution in [1.29, 1.82) is 0 Å². The van der Waals surface area contributed by atoms with Gasteiger partial charge in [-0.25, -0.2) is 0 Å². The molecule has 0 spiro atoms. The van der Waals surface area contributed by atoms with Gasteiger partial charge in [-0.2, -0.15) is 0 Å². The van der Waals surface area contributed by atoms with Crippen LogP contribution in [0, 0.1) is 6.92 Å². The van der Waals surface area contributed by atoms with Crippen LogP contribution in [-0.4, -0.2) is 25.5 Å². The highest BCUT2D eigenvalue weighted by Gasteiger charge is 2.12. The third kappa shape index (κ3) is 3.40. The van der Waals surface area contributed by atoms with Gasteiger partial charge in [0.2, 0.25) is 0 Å². The Hall–Kier alpha value is -1.64. The Balaban J connectivity index is 1.97. The largest absolute Gasteiger partial charge is 0.309 e. The van der Waals surface area contributed by atoms with E-state index in [1.807, 2.05) is 11.3 Å². The number of nitrogens with zero attached hydrogens (tertiary/aromatic N) is 1. The summed E-state index contributed by atoms with van der Waals surface area (Å²) >= 11 is 1.96. The number of fused-ring (bicyclic) bond motifs is 1. The Bertz CT molecular complexity index is 753. The summed E-state index contributed by atoms with van der Waals surface area (Å²) in [7, 11) is 4.29. The molecule has 0 atom stereocenters. The van der Waals surface area contributed by atoms with E-state index in [1.165, 1.54) is 31.7 Å². The highest BCUT2D eigenvalue weighted by atomic mass is 32.1. The van der Waals surface area contributed by atoms with Gasteiger partial charge >= 0.3 is 0 Å². The first kappa shape index (κ1) is 15.3. The summed E-state index contributed by atoms with van der Waals surface area (Å²) in [6.45, 7) is 3.25. The summed E-state index contributed by atoms with van der Waals surface area (Å²) in [6, 6.07) is 17.8. The standard InChI is InChI=1S/C20H23NS/c1-15-8-10-16(11-9-15)14-18-17-6-4-5-7-19(17)22-20(18)12-13-21(2)3/h4-11H,12-14H2,1-3H3. The number of aryl methyl sites for hydroxylation is 1. The maximum Gasteiger partial charge on any atom is 0.0348 e. The van der Waals surface area contributed by atoms with Crippen LogP contribution in [0.2, 0.25) is 0 Å². The molecule has 0 fully saturated rings. The summed E-state index contributed by atoms with van der Waals surface area (Å²) in [5.74, 6) is 0. The number of hydrogen-bond donors (Lipinski definition) is 0. The van der Waals surface area contributed by atoms with Gasteiger partial charge in [0.05, 0.1) is 0 Å². The first-order chi connectivity index (χ1) is 10.6. The maximum atomic E-state index is 2.27. The molecule has 0 bridgehead atoms. The van der Waals surface area contributed by atoms with Crippen molar-refractivity contribution in [3.8, 4) is 0 Å². The van der Waals surface area contributed by atoms with Crippen LogP contribution in [0.1, 0.15) is 21.6 Å². The van der Waals surface area contributed by atoms with E-state index >= 15 is 0 Å². The first-order valence-corrected chi connectivity index (χ1v) is 8.64. The number of benzene rings is 2. The normalized spacial score (nSPS) is 11.5. The SMILES string of the molecule is Cc1ccc(Cc2c(CCN(C)C)sc3ccccc23)cc1. The molecule has 3 rings (SSSR count). The summed E-state index contributed by atoms with van der Waals surface area (Å²) in [4.78, 5) is 3.80. The van der Waals surface area contributed by atoms with E-state index in [0.29, 0.717) is 0 Å². The number of likely N-dealkylation sites (N-methyl/N-ethyl adjacent to an activating group) is 1. The molecular weight excluding hydrogens is 286 g/mol. The highest BCUT2D eigenvalue weighted by molar-refractivity contribution is 7.19. The molecular formula is C20H23NS. The Kier molecular flexibility index (Phi) is 4.60. The van der Waals surface area contributed by atoms with Crippen molar-refractivity contribution in [1.82, 2.24) is 4.90 Å². The quantitative estimate of drug-likeness (QED) is 0.647. The zero-order chi connectivity index (χ0) is 15.5. The molecule has 0 amide bonds. The van der Waals surface area contributed by atoms with E-state index in [0.717, 1.165) is 19.4 Å². The van der Waals surface area contributed by atoms with Crippen LogP contribution in [0.5, 0.6) is 0 Å². The van der Waals surface area contributed by atoms with Gasteiger partial charge < -0.3 is 4.90 Å². The van der Waals surface area contributed by atoms with Crippen LogP contribution >= 0.6 is 11.3 Å². The Morgan fingerprint density at radius 3 is 2.41 bits per heavy atom. The van der Waals surface area contributed by atoms with Gasteiger partial charge in [0.15, 0.2) is 0 Å². The smallest absolute Gasteiger partial charge is 0.0348 e. The van der Waals surface area contributed by atoms with Crippen molar-refractivity contribution in [2.45, 2.75) is 19.8 Å². The molecule has 0 aliphatic rings. The van der Waals surface area contributed by atoms with Gasteiger partial charge in [-0.1, -0.05) is 48.0 Å². The van der Waals surface area contributed by atoms with Crippen LogP contribution in [-0.2, 0) is 12.8 Å². The van der Waals surface area contributed by atoms with E-state index in [-0.39, 0.29) is 0 Å². The van der Waals surface area contributed by atoms with Crippen molar-refractivity contribution in [2.75, 3.05) is 20.6 Å². The third-order valence-corrected chi connectivity index (χ3v) is 5.34. The fourth-order valence-electron chi connectivity index (χ4n) is 2.78. The molecule has 0 saturated heterocycles. The molecule has 2 heteroatoms. The lowest BCUT2D eigenvalue weighted by atomic mass is 10.00. The van der Waals surface area contributed by atoms with Gasteiger partial charge in [-0.05, 0) is 56.4 Å². The van der Waals surface area contributed by atoms with Crippen molar-refractivity contribution in [3.63, 3.8) is 0 Å². The molecule has 0 N–H and O–H groups in total. The minimum absolute atomic E-state index is 1.03. The molecule has 3 aromatic rings. The van der Waals surface area contributed by atoms with Gasteiger partial charge in [0.25, 0.3) is 0 Å². The Morgan fingerprint density at radius 1 is 0.955 bits per heavy atom. The van der Waals surface area contributed by atoms with Crippen molar-refractivity contribution >= 4 is 21.4 Å². The van der Waals surface area contributed by atoms with Crippen molar-refractivity contribution in [2.24, 2.45) is 0 Å². The number of rotatable bonds is 5. The highest BCUT2D eigenvalue weighted by Crippen LogP contribution is 2.33. The summed E-state index contributed by atoms with van der Waals surface area (Å²) < 4.78 is 1.42. The lowest BCUT2D eigenvalue weighted by Gasteiger charge is -2.10. The fraction of sp³-hybridized carbons (Fsp3) is 0.300. The maximum absolute atomic E-state index is 2.27. The zero-order valence-electron chi connectivity index (χ0n) is 13.6. The van der Waals surface area contributed by atoms with Gasteiger partial charge in [-0.15, -0.1) is 11.3 Å². The van der Waals surface area contributed by atoms with E-state index in [2.05, 4.69) is 74.4 Å². The molecule has 1 nitrogen and oxygen atoms in total. The molecule has 0 unspecified atom stereocenters. The number of thiophene rings is 1. The second-order valence-corrected chi connectivity index (χ2v) is 7.35. The second-order valence-electron chi connectivity index (χ2n) is 6.22. The molecule has 114 valence electrons. The van der Waals surface area contributed by atoms with E-state index < -0.39 is 0 Å². The lowest BCUT2D eigenvalue weighted by molar-refractivity contribution is 0.414. The average molecular weight is 309 g/mol. The topological polar surface area (TPSA) is 3.24 Å². The molecule has 0 radical (unpaired) electrons. The average Bonchev–Trinajstić information content (AvgIpc) is 2.85. The minimum Gasteiger partial charge on any atom is -0.309 e. The predicted octanol–water partition coefficient (Wildman–Crippen LogP) is 4.90. The van der Waals surface area contributed by atoms with Gasteiger partial charge in [-0.3, -0.25) is 0 Å². The van der Waals surface area contributed by atoms with E-state index in [1.54, 1.807) is 0 Å². The van der Waals surface area contributed by atoms with Crippen LogP contribution < -0.4 is 0 Å². The van der Waals surface area contributed by atoms with Crippen molar-refractivity contribution < 1.29 is 0 Å². The van der Waals surface area contributed by atoms with Crippen LogP contribution in [0.25, 0.3) is 10.1 Å². The lowest BCUT2D eigenvalue weighted by Crippen LogP contribution is -2.15. The van der Waals surface area contributed by atoms with Crippen LogP contribution in [0.4, 0.5) is 0 Å². The van der Waals surface area contributed by atoms with Gasteiger partial charge in [0, 0.05) is 16.1 Å². The predicted molar refractivity (Wildman–Crippen MR) is 98.1 cm³/mol. The molecule has 1 heterocycles. The number of hydrogen-bond acceptors (Lipinski definition) is 2. The third-order valence-electron chi connectivity index (χ3n) is 4.07. The van der Waals surface area contributed by atoms with Crippen LogP contribution in [0.3, 0.4) is 0 Å². The Labute approximate surface area is 137 Å². The minimum atomic E-state index is 1.03. The monoisotopic (exact) mass is 309 g/mol. The summed E-state index contributed by atoms with van der Waals surface area (Å²) in [5.41, 5.74) is 4.25. The fourth-order valence-corrected chi connectivity index (χ4v) is 3.99. The van der Waals surface area contributed by atoms with E-state index in [9.17, 15) is 0 Å².